The Morgan fingerprint density at radius 2 is 1.81 bits per heavy atom. The van der Waals surface area contributed by atoms with Crippen molar-refractivity contribution < 1.29 is 14.3 Å². The minimum absolute atomic E-state index is 0.00154. The van der Waals surface area contributed by atoms with Crippen molar-refractivity contribution in [1.82, 2.24) is 19.6 Å². The van der Waals surface area contributed by atoms with Gasteiger partial charge in [0.15, 0.2) is 0 Å². The molecule has 0 aromatic carbocycles. The van der Waals surface area contributed by atoms with Crippen LogP contribution in [0, 0.1) is 0 Å². The largest absolute Gasteiger partial charge is 0.383 e. The Morgan fingerprint density at radius 1 is 1.12 bits per heavy atom. The Kier molecular flexibility index (Phi) is 5.79. The van der Waals surface area contributed by atoms with Gasteiger partial charge in [-0.2, -0.15) is 5.10 Å². The van der Waals surface area contributed by atoms with Crippen LogP contribution in [0.5, 0.6) is 0 Å². The van der Waals surface area contributed by atoms with Crippen LogP contribution in [0.2, 0.25) is 0 Å². The van der Waals surface area contributed by atoms with Gasteiger partial charge in [-0.25, -0.2) is 4.68 Å². The topological polar surface area (TPSA) is 84.7 Å². The molecule has 2 amide bonds. The molecule has 9 heteroatoms. The van der Waals surface area contributed by atoms with Crippen LogP contribution in [0.4, 0.5) is 0 Å². The average Bonchev–Trinajstić information content (AvgIpc) is 3.21. The molecule has 138 valence electrons. The van der Waals surface area contributed by atoms with E-state index >= 15 is 0 Å². The van der Waals surface area contributed by atoms with Crippen LogP contribution in [0.3, 0.4) is 0 Å². The van der Waals surface area contributed by atoms with E-state index in [-0.39, 0.29) is 23.1 Å². The van der Waals surface area contributed by atoms with Crippen molar-refractivity contribution in [3.63, 3.8) is 0 Å². The van der Waals surface area contributed by atoms with Crippen molar-refractivity contribution >= 4 is 23.2 Å². The maximum atomic E-state index is 12.7. The number of amides is 2. The maximum Gasteiger partial charge on any atom is 0.274 e. The summed E-state index contributed by atoms with van der Waals surface area (Å²) >= 11 is 1.41. The summed E-state index contributed by atoms with van der Waals surface area (Å²) in [5, 5.41) is 6.01. The molecule has 2 aromatic rings. The van der Waals surface area contributed by atoms with Crippen LogP contribution in [-0.4, -0.2) is 71.3 Å². The van der Waals surface area contributed by atoms with Crippen molar-refractivity contribution in [2.45, 2.75) is 6.54 Å². The first-order chi connectivity index (χ1) is 12.6. The first-order valence-electron chi connectivity index (χ1n) is 8.29. The van der Waals surface area contributed by atoms with E-state index in [4.69, 9.17) is 4.74 Å². The van der Waals surface area contributed by atoms with Crippen molar-refractivity contribution in [3.8, 4) is 0 Å². The molecule has 0 radical (unpaired) electrons. The summed E-state index contributed by atoms with van der Waals surface area (Å²) in [5.74, 6) is -0.238. The van der Waals surface area contributed by atoms with Gasteiger partial charge in [0.1, 0.15) is 5.69 Å². The van der Waals surface area contributed by atoms with Gasteiger partial charge in [0, 0.05) is 39.4 Å². The first kappa shape index (κ1) is 18.3. The normalized spacial score (nSPS) is 14.5. The van der Waals surface area contributed by atoms with Gasteiger partial charge in [0.05, 0.1) is 18.0 Å². The summed E-state index contributed by atoms with van der Waals surface area (Å²) in [6, 6.07) is 6.43. The maximum absolute atomic E-state index is 12.7. The third-order valence-corrected chi connectivity index (χ3v) is 5.04. The number of thiophene rings is 1. The van der Waals surface area contributed by atoms with Gasteiger partial charge in [-0.1, -0.05) is 6.07 Å². The van der Waals surface area contributed by atoms with E-state index in [0.717, 1.165) is 0 Å². The molecule has 0 unspecified atom stereocenters. The molecule has 0 N–H and O–H groups in total. The molecule has 1 aliphatic heterocycles. The monoisotopic (exact) mass is 376 g/mol. The zero-order valence-corrected chi connectivity index (χ0v) is 15.3. The fraction of sp³-hybridized carbons (Fsp3) is 0.412. The lowest BCUT2D eigenvalue weighted by atomic mass is 10.2. The van der Waals surface area contributed by atoms with Gasteiger partial charge >= 0.3 is 0 Å². The number of hydrogen-bond donors (Lipinski definition) is 0. The Morgan fingerprint density at radius 3 is 2.42 bits per heavy atom. The quantitative estimate of drug-likeness (QED) is 0.761. The number of hydrogen-bond acceptors (Lipinski definition) is 6. The van der Waals surface area contributed by atoms with Gasteiger partial charge < -0.3 is 14.5 Å². The number of piperazine rings is 1. The Hall–Kier alpha value is -2.52. The molecule has 0 spiro atoms. The van der Waals surface area contributed by atoms with E-state index in [0.29, 0.717) is 44.2 Å². The lowest BCUT2D eigenvalue weighted by molar-refractivity contribution is 0.0533. The number of ether oxygens (including phenoxy) is 1. The second-order valence-electron chi connectivity index (χ2n) is 5.83. The molecular weight excluding hydrogens is 356 g/mol. The summed E-state index contributed by atoms with van der Waals surface area (Å²) in [7, 11) is 1.54. The minimum atomic E-state index is -0.273. The summed E-state index contributed by atoms with van der Waals surface area (Å²) < 4.78 is 6.18. The van der Waals surface area contributed by atoms with E-state index < -0.39 is 0 Å². The highest BCUT2D eigenvalue weighted by Gasteiger charge is 2.26. The van der Waals surface area contributed by atoms with Crippen LogP contribution in [0.15, 0.2) is 34.4 Å². The molecule has 0 bridgehead atoms. The summed E-state index contributed by atoms with van der Waals surface area (Å²) in [6.07, 6.45) is 0. The van der Waals surface area contributed by atoms with E-state index in [1.807, 2.05) is 11.4 Å². The Labute approximate surface area is 154 Å². The number of methoxy groups -OCH3 is 1. The Balaban J connectivity index is 1.63. The van der Waals surface area contributed by atoms with Crippen LogP contribution >= 0.6 is 11.3 Å². The molecule has 26 heavy (non-hydrogen) atoms. The molecule has 1 saturated heterocycles. The van der Waals surface area contributed by atoms with E-state index in [2.05, 4.69) is 5.10 Å². The van der Waals surface area contributed by atoms with Gasteiger partial charge in [-0.3, -0.25) is 14.4 Å². The third-order valence-electron chi connectivity index (χ3n) is 4.18. The van der Waals surface area contributed by atoms with Crippen LogP contribution < -0.4 is 5.56 Å². The van der Waals surface area contributed by atoms with Crippen LogP contribution in [0.25, 0.3) is 0 Å². The molecule has 1 aliphatic rings. The van der Waals surface area contributed by atoms with E-state index in [1.165, 1.54) is 35.3 Å². The molecule has 0 saturated carbocycles. The lowest BCUT2D eigenvalue weighted by Crippen LogP contribution is -2.50. The summed E-state index contributed by atoms with van der Waals surface area (Å²) in [6.45, 7) is 2.47. The number of carbonyl (C=O) groups is 2. The second-order valence-corrected chi connectivity index (χ2v) is 6.78. The molecule has 0 atom stereocenters. The fourth-order valence-corrected chi connectivity index (χ4v) is 3.42. The molecule has 1 fully saturated rings. The van der Waals surface area contributed by atoms with Gasteiger partial charge in [0.25, 0.3) is 17.4 Å². The lowest BCUT2D eigenvalue weighted by Gasteiger charge is -2.34. The highest BCUT2D eigenvalue weighted by Crippen LogP contribution is 2.14. The van der Waals surface area contributed by atoms with Crippen LogP contribution in [0.1, 0.15) is 20.2 Å². The van der Waals surface area contributed by atoms with Crippen LogP contribution in [-0.2, 0) is 11.3 Å². The molecule has 0 aliphatic carbocycles. The fourth-order valence-electron chi connectivity index (χ4n) is 2.73. The summed E-state index contributed by atoms with van der Waals surface area (Å²) in [5.41, 5.74) is -0.0521. The SMILES string of the molecule is COCCn1nc(C(=O)N2CCN(C(=O)c3cccs3)CC2)ccc1=O. The molecule has 3 rings (SSSR count). The third kappa shape index (κ3) is 4.00. The van der Waals surface area contributed by atoms with E-state index in [1.54, 1.807) is 15.9 Å². The number of nitrogens with zero attached hydrogens (tertiary/aromatic N) is 4. The number of aromatic nitrogens is 2. The summed E-state index contributed by atoms with van der Waals surface area (Å²) in [4.78, 5) is 40.9. The number of rotatable bonds is 5. The molecular formula is C17H20N4O4S. The van der Waals surface area contributed by atoms with E-state index in [9.17, 15) is 14.4 Å². The molecule has 2 aromatic heterocycles. The smallest absolute Gasteiger partial charge is 0.274 e. The first-order valence-corrected chi connectivity index (χ1v) is 9.17. The minimum Gasteiger partial charge on any atom is -0.383 e. The predicted octanol–water partition coefficient (Wildman–Crippen LogP) is 0.549. The second kappa shape index (κ2) is 8.24. The number of carbonyl (C=O) groups excluding carboxylic acids is 2. The zero-order chi connectivity index (χ0) is 18.5. The highest BCUT2D eigenvalue weighted by atomic mass is 32.1. The van der Waals surface area contributed by atoms with Gasteiger partial charge in [-0.15, -0.1) is 11.3 Å². The van der Waals surface area contributed by atoms with Crippen molar-refractivity contribution in [1.29, 1.82) is 0 Å². The standard InChI is InChI=1S/C17H20N4O4S/c1-25-11-10-21-15(22)5-4-13(18-21)16(23)19-6-8-20(9-7-19)17(24)14-3-2-12-26-14/h2-5,12H,6-11H2,1H3. The Bertz CT molecular complexity index is 826. The van der Waals surface area contributed by atoms with Gasteiger partial charge in [0.2, 0.25) is 0 Å². The van der Waals surface area contributed by atoms with Gasteiger partial charge in [-0.05, 0) is 17.5 Å². The van der Waals surface area contributed by atoms with Crippen molar-refractivity contribution in [2.75, 3.05) is 39.9 Å². The highest BCUT2D eigenvalue weighted by molar-refractivity contribution is 7.12. The van der Waals surface area contributed by atoms with Crippen molar-refractivity contribution in [2.24, 2.45) is 0 Å². The molecule has 8 nitrogen and oxygen atoms in total. The zero-order valence-electron chi connectivity index (χ0n) is 14.5. The molecule has 3 heterocycles. The van der Waals surface area contributed by atoms with Crippen molar-refractivity contribution in [3.05, 3.63) is 50.6 Å². The predicted molar refractivity (Wildman–Crippen MR) is 96.5 cm³/mol. The average molecular weight is 376 g/mol.